The third kappa shape index (κ3) is 1.86. The van der Waals surface area contributed by atoms with E-state index in [-0.39, 0.29) is 24.1 Å². The van der Waals surface area contributed by atoms with Crippen LogP contribution in [0.1, 0.15) is 25.7 Å². The summed E-state index contributed by atoms with van der Waals surface area (Å²) in [5.74, 6) is -0.761. The highest BCUT2D eigenvalue weighted by Gasteiger charge is 2.40. The first-order chi connectivity index (χ1) is 10.6. The minimum atomic E-state index is -0.610. The van der Waals surface area contributed by atoms with Gasteiger partial charge in [0.15, 0.2) is 0 Å². The highest BCUT2D eigenvalue weighted by atomic mass is 79.9. The van der Waals surface area contributed by atoms with Crippen molar-refractivity contribution in [3.8, 4) is 0 Å². The Kier molecular flexibility index (Phi) is 2.97. The topological polar surface area (TPSA) is 66.5 Å². The second-order valence-electron chi connectivity index (χ2n) is 5.75. The monoisotopic (exact) mass is 360 g/mol. The number of nitrogens with zero attached hydrogens (tertiary/aromatic N) is 1. The van der Waals surface area contributed by atoms with Crippen LogP contribution in [0.25, 0.3) is 11.6 Å². The van der Waals surface area contributed by atoms with Gasteiger partial charge in [-0.25, -0.2) is 0 Å². The normalized spacial score (nSPS) is 23.3. The number of halogens is 1. The predicted octanol–water partition coefficient (Wildman–Crippen LogP) is 0.326. The van der Waals surface area contributed by atoms with E-state index in [0.29, 0.717) is 12.8 Å². The zero-order chi connectivity index (χ0) is 15.4. The van der Waals surface area contributed by atoms with E-state index in [1.807, 2.05) is 12.1 Å². The summed E-state index contributed by atoms with van der Waals surface area (Å²) in [6, 6.07) is 3.27. The van der Waals surface area contributed by atoms with Gasteiger partial charge < -0.3 is 0 Å². The number of amides is 3. The average molecular weight is 361 g/mol. The molecule has 1 atom stereocenters. The molecule has 22 heavy (non-hydrogen) atoms. The molecule has 1 aromatic carbocycles. The van der Waals surface area contributed by atoms with Gasteiger partial charge in [0.25, 0.3) is 5.91 Å². The average Bonchev–Trinajstić information content (AvgIpc) is 2.74. The lowest BCUT2D eigenvalue weighted by Gasteiger charge is -2.30. The van der Waals surface area contributed by atoms with Gasteiger partial charge in [-0.15, -0.1) is 0 Å². The number of anilines is 1. The van der Waals surface area contributed by atoms with Crippen LogP contribution in [0.5, 0.6) is 0 Å². The zero-order valence-corrected chi connectivity index (χ0v) is 13.3. The van der Waals surface area contributed by atoms with Crippen molar-refractivity contribution in [2.45, 2.75) is 31.7 Å². The summed E-state index contributed by atoms with van der Waals surface area (Å²) in [5.41, 5.74) is 1.56. The van der Waals surface area contributed by atoms with Crippen LogP contribution in [0.15, 0.2) is 16.6 Å². The van der Waals surface area contributed by atoms with Gasteiger partial charge in [-0.1, -0.05) is 22.0 Å². The van der Waals surface area contributed by atoms with E-state index in [4.69, 9.17) is 0 Å². The minimum Gasteiger partial charge on any atom is -0.295 e. The molecular formula is C16H13BrN2O3. The van der Waals surface area contributed by atoms with Crippen LogP contribution in [-0.4, -0.2) is 23.8 Å². The molecule has 1 fully saturated rings. The Hall–Kier alpha value is -1.95. The third-order valence-electron chi connectivity index (χ3n) is 4.43. The summed E-state index contributed by atoms with van der Waals surface area (Å²) >= 11 is 3.47. The molecule has 112 valence electrons. The molecule has 1 aromatic rings. The van der Waals surface area contributed by atoms with Crippen molar-refractivity contribution < 1.29 is 14.4 Å². The molecule has 0 bridgehead atoms. The van der Waals surface area contributed by atoms with Gasteiger partial charge in [-0.2, -0.15) is 0 Å². The van der Waals surface area contributed by atoms with E-state index >= 15 is 0 Å². The van der Waals surface area contributed by atoms with Crippen LogP contribution in [0.3, 0.4) is 0 Å². The molecule has 2 heterocycles. The molecule has 3 amide bonds. The molecule has 1 saturated heterocycles. The number of rotatable bonds is 1. The predicted molar refractivity (Wildman–Crippen MR) is 84.2 cm³/mol. The fourth-order valence-corrected chi connectivity index (χ4v) is 3.96. The number of carbonyl (C=O) groups excluding carboxylic acids is 3. The van der Waals surface area contributed by atoms with Gasteiger partial charge in [0.1, 0.15) is 6.04 Å². The van der Waals surface area contributed by atoms with Crippen LogP contribution in [0, 0.1) is 0 Å². The lowest BCUT2D eigenvalue weighted by atomic mass is 10.0. The summed E-state index contributed by atoms with van der Waals surface area (Å²) in [6.07, 6.45) is 4.28. The highest BCUT2D eigenvalue weighted by Crippen LogP contribution is 2.30. The lowest BCUT2D eigenvalue weighted by Crippen LogP contribution is -2.54. The molecule has 2 aliphatic heterocycles. The van der Waals surface area contributed by atoms with E-state index in [2.05, 4.69) is 27.3 Å². The molecule has 0 aromatic heterocycles. The van der Waals surface area contributed by atoms with Crippen LogP contribution in [0.4, 0.5) is 5.69 Å². The maximum Gasteiger partial charge on any atom is 0.255 e. The van der Waals surface area contributed by atoms with E-state index < -0.39 is 6.04 Å². The van der Waals surface area contributed by atoms with Crippen molar-refractivity contribution in [1.82, 2.24) is 5.32 Å². The van der Waals surface area contributed by atoms with E-state index in [0.717, 1.165) is 32.6 Å². The SMILES string of the molecule is O=C1CCC(N2C(=O)C3=c4c2cc(Br)cc4=CCC3)C(=O)N1. The van der Waals surface area contributed by atoms with E-state index in [1.54, 1.807) is 4.90 Å². The smallest absolute Gasteiger partial charge is 0.255 e. The van der Waals surface area contributed by atoms with Crippen molar-refractivity contribution in [1.29, 1.82) is 0 Å². The summed E-state index contributed by atoms with van der Waals surface area (Å²) < 4.78 is 0.880. The number of hydrogen-bond acceptors (Lipinski definition) is 3. The Morgan fingerprint density at radius 1 is 1.18 bits per heavy atom. The second-order valence-corrected chi connectivity index (χ2v) is 6.67. The van der Waals surface area contributed by atoms with Gasteiger partial charge in [0, 0.05) is 21.7 Å². The number of carbonyl (C=O) groups is 3. The Labute approximate surface area is 134 Å². The van der Waals surface area contributed by atoms with Crippen molar-refractivity contribution in [3.05, 3.63) is 27.0 Å². The highest BCUT2D eigenvalue weighted by molar-refractivity contribution is 9.10. The molecule has 0 radical (unpaired) electrons. The first-order valence-corrected chi connectivity index (χ1v) is 8.06. The van der Waals surface area contributed by atoms with Gasteiger partial charge in [-0.3, -0.25) is 24.6 Å². The number of piperidine rings is 1. The number of hydrogen-bond donors (Lipinski definition) is 1. The quantitative estimate of drug-likeness (QED) is 0.733. The standard InChI is InChI=1S/C16H13BrN2O3/c17-9-6-8-2-1-3-10-14(8)12(7-9)19(16(10)22)11-4-5-13(20)18-15(11)21/h2,6-7,11H,1,3-5H2,(H,18,20,21). The van der Waals surface area contributed by atoms with Crippen LogP contribution < -0.4 is 20.7 Å². The van der Waals surface area contributed by atoms with E-state index in [1.165, 1.54) is 0 Å². The Bertz CT molecular complexity index is 859. The number of nitrogens with one attached hydrogen (secondary N) is 1. The molecule has 0 saturated carbocycles. The molecule has 0 spiro atoms. The maximum absolute atomic E-state index is 12.8. The molecule has 4 rings (SSSR count). The summed E-state index contributed by atoms with van der Waals surface area (Å²) in [4.78, 5) is 37.9. The van der Waals surface area contributed by atoms with Crippen LogP contribution in [-0.2, 0) is 14.4 Å². The lowest BCUT2D eigenvalue weighted by molar-refractivity contribution is -0.135. The molecule has 3 aliphatic rings. The summed E-state index contributed by atoms with van der Waals surface area (Å²) in [5, 5.41) is 4.32. The second kappa shape index (κ2) is 4.78. The van der Waals surface area contributed by atoms with Crippen molar-refractivity contribution in [3.63, 3.8) is 0 Å². The Balaban J connectivity index is 1.88. The molecule has 5 nitrogen and oxygen atoms in total. The Morgan fingerprint density at radius 3 is 2.77 bits per heavy atom. The first-order valence-electron chi connectivity index (χ1n) is 7.26. The van der Waals surface area contributed by atoms with Gasteiger partial charge in [-0.05, 0) is 36.6 Å². The first kappa shape index (κ1) is 13.7. The van der Waals surface area contributed by atoms with Crippen molar-refractivity contribution >= 4 is 51.0 Å². The molecule has 6 heteroatoms. The number of imide groups is 1. The van der Waals surface area contributed by atoms with Gasteiger partial charge >= 0.3 is 0 Å². The molecule has 1 aliphatic carbocycles. The van der Waals surface area contributed by atoms with Gasteiger partial charge in [0.2, 0.25) is 11.8 Å². The fraction of sp³-hybridized carbons (Fsp3) is 0.312. The molecule has 1 unspecified atom stereocenters. The maximum atomic E-state index is 12.8. The van der Waals surface area contributed by atoms with Crippen LogP contribution in [0.2, 0.25) is 0 Å². The summed E-state index contributed by atoms with van der Waals surface area (Å²) in [7, 11) is 0. The van der Waals surface area contributed by atoms with Crippen molar-refractivity contribution in [2.75, 3.05) is 4.90 Å². The summed E-state index contributed by atoms with van der Waals surface area (Å²) in [6.45, 7) is 0. The Morgan fingerprint density at radius 2 is 2.00 bits per heavy atom. The minimum absolute atomic E-state index is 0.100. The van der Waals surface area contributed by atoms with Gasteiger partial charge in [0.05, 0.1) is 5.69 Å². The van der Waals surface area contributed by atoms with Crippen LogP contribution >= 0.6 is 15.9 Å². The molecular weight excluding hydrogens is 348 g/mol. The van der Waals surface area contributed by atoms with Crippen molar-refractivity contribution in [2.24, 2.45) is 0 Å². The van der Waals surface area contributed by atoms with E-state index in [9.17, 15) is 14.4 Å². The fourth-order valence-electron chi connectivity index (χ4n) is 3.50. The largest absolute Gasteiger partial charge is 0.295 e. The third-order valence-corrected chi connectivity index (χ3v) is 4.89. The molecule has 1 N–H and O–H groups in total. The number of benzene rings is 1. The zero-order valence-electron chi connectivity index (χ0n) is 11.7.